The van der Waals surface area contributed by atoms with Gasteiger partial charge in [0, 0.05) is 16.8 Å². The molecule has 0 aliphatic heterocycles. The molecule has 0 spiro atoms. The Hall–Kier alpha value is -4.23. The van der Waals surface area contributed by atoms with Gasteiger partial charge in [-0.15, -0.1) is 0 Å². The molecule has 7 heteroatoms. The van der Waals surface area contributed by atoms with Crippen molar-refractivity contribution in [1.29, 1.82) is 0 Å². The van der Waals surface area contributed by atoms with Gasteiger partial charge in [-0.2, -0.15) is 0 Å². The van der Waals surface area contributed by atoms with Gasteiger partial charge in [0.2, 0.25) is 15.7 Å². The smallest absolute Gasteiger partial charge is 0.255 e. The fourth-order valence-electron chi connectivity index (χ4n) is 3.32. The molecule has 6 nitrogen and oxygen atoms in total. The van der Waals surface area contributed by atoms with E-state index >= 15 is 0 Å². The quantitative estimate of drug-likeness (QED) is 0.298. The van der Waals surface area contributed by atoms with Crippen molar-refractivity contribution in [3.8, 4) is 0 Å². The number of ether oxygens (including phenoxy) is 1. The van der Waals surface area contributed by atoms with Gasteiger partial charge in [-0.1, -0.05) is 48.5 Å². The number of rotatable bonds is 6. The van der Waals surface area contributed by atoms with Crippen LogP contribution in [0.2, 0.25) is 0 Å². The molecule has 4 aromatic rings. The Bertz CT molecular complexity index is 1430. The van der Waals surface area contributed by atoms with Crippen LogP contribution in [0.1, 0.15) is 15.9 Å². The van der Waals surface area contributed by atoms with Crippen LogP contribution in [0.3, 0.4) is 0 Å². The molecule has 0 heterocycles. The van der Waals surface area contributed by atoms with Crippen molar-refractivity contribution in [1.82, 2.24) is 0 Å². The highest BCUT2D eigenvalue weighted by atomic mass is 32.2. The zero-order valence-corrected chi connectivity index (χ0v) is 19.2. The lowest BCUT2D eigenvalue weighted by molar-refractivity contribution is 0.102. The summed E-state index contributed by atoms with van der Waals surface area (Å²) in [6.07, 6.45) is 0. The second-order valence-corrected chi connectivity index (χ2v) is 9.29. The molecule has 0 unspecified atom stereocenters. The van der Waals surface area contributed by atoms with Crippen molar-refractivity contribution < 1.29 is 17.9 Å². The van der Waals surface area contributed by atoms with Crippen LogP contribution in [0.4, 0.5) is 11.4 Å². The average molecular weight is 471 g/mol. The third-order valence-corrected chi connectivity index (χ3v) is 6.76. The Balaban J connectivity index is 1.62. The number of aliphatic imine (C=N–C) groups is 1. The number of nitrogens with one attached hydrogen (secondary N) is 1. The summed E-state index contributed by atoms with van der Waals surface area (Å²) in [6.45, 7) is 0. The maximum absolute atomic E-state index is 13.3. The van der Waals surface area contributed by atoms with E-state index in [1.165, 1.54) is 31.4 Å². The van der Waals surface area contributed by atoms with Crippen molar-refractivity contribution in [2.24, 2.45) is 4.99 Å². The predicted octanol–water partition coefficient (Wildman–Crippen LogP) is 5.50. The number of benzene rings is 4. The highest BCUT2D eigenvalue weighted by molar-refractivity contribution is 7.91. The number of hydrogen-bond acceptors (Lipinski definition) is 5. The van der Waals surface area contributed by atoms with Crippen LogP contribution in [0.25, 0.3) is 0 Å². The first-order chi connectivity index (χ1) is 16.5. The molecule has 4 rings (SSSR count). The van der Waals surface area contributed by atoms with E-state index in [0.717, 1.165) is 5.56 Å². The van der Waals surface area contributed by atoms with Crippen LogP contribution >= 0.6 is 0 Å². The van der Waals surface area contributed by atoms with Crippen LogP contribution in [0.15, 0.2) is 124 Å². The fraction of sp³-hybridized carbons (Fsp3) is 0.0370. The van der Waals surface area contributed by atoms with Gasteiger partial charge in [0.1, 0.15) is 0 Å². The molecule has 0 atom stereocenters. The lowest BCUT2D eigenvalue weighted by Gasteiger charge is -2.10. The van der Waals surface area contributed by atoms with Crippen molar-refractivity contribution in [3.05, 3.63) is 120 Å². The second-order valence-electron chi connectivity index (χ2n) is 7.34. The van der Waals surface area contributed by atoms with Crippen molar-refractivity contribution in [2.45, 2.75) is 9.79 Å². The lowest BCUT2D eigenvalue weighted by atomic mass is 10.2. The second kappa shape index (κ2) is 10.1. The molecule has 1 N–H and O–H groups in total. The van der Waals surface area contributed by atoms with Gasteiger partial charge >= 0.3 is 0 Å². The zero-order chi connectivity index (χ0) is 24.0. The van der Waals surface area contributed by atoms with Gasteiger partial charge in [-0.25, -0.2) is 13.4 Å². The SMILES string of the molecule is CO/C(=N\c1cccc(S(=O)(=O)c2cccc(NC(=O)c3ccccc3)c2)c1)c1ccccc1. The van der Waals surface area contributed by atoms with Crippen LogP contribution < -0.4 is 5.32 Å². The number of anilines is 1. The fourth-order valence-corrected chi connectivity index (χ4v) is 4.66. The van der Waals surface area contributed by atoms with Gasteiger partial charge in [0.05, 0.1) is 22.6 Å². The zero-order valence-electron chi connectivity index (χ0n) is 18.4. The van der Waals surface area contributed by atoms with E-state index in [2.05, 4.69) is 10.3 Å². The summed E-state index contributed by atoms with van der Waals surface area (Å²) < 4.78 is 32.1. The average Bonchev–Trinajstić information content (AvgIpc) is 2.88. The standard InChI is InChI=1S/C27H22N2O4S/c1-33-27(21-12-6-3-7-13-21)29-23-15-9-17-25(19-23)34(31,32)24-16-8-14-22(18-24)28-26(30)20-10-4-2-5-11-20/h2-19H,1H3,(H,28,30)/b29-27-. The molecule has 34 heavy (non-hydrogen) atoms. The Morgan fingerprint density at radius 2 is 1.32 bits per heavy atom. The number of hydrogen-bond donors (Lipinski definition) is 1. The van der Waals surface area contributed by atoms with E-state index in [4.69, 9.17) is 4.74 Å². The van der Waals surface area contributed by atoms with Crippen molar-refractivity contribution in [2.75, 3.05) is 12.4 Å². The maximum Gasteiger partial charge on any atom is 0.255 e. The monoisotopic (exact) mass is 470 g/mol. The summed E-state index contributed by atoms with van der Waals surface area (Å²) >= 11 is 0. The first kappa shape index (κ1) is 22.9. The minimum atomic E-state index is -3.85. The predicted molar refractivity (Wildman–Crippen MR) is 132 cm³/mol. The van der Waals surface area contributed by atoms with E-state index in [9.17, 15) is 13.2 Å². The summed E-state index contributed by atoms with van der Waals surface area (Å²) in [5.41, 5.74) is 2.08. The van der Waals surface area contributed by atoms with E-state index in [1.807, 2.05) is 36.4 Å². The highest BCUT2D eigenvalue weighted by Crippen LogP contribution is 2.27. The Labute approximate surface area is 198 Å². The van der Waals surface area contributed by atoms with Gasteiger partial charge in [0.15, 0.2) is 0 Å². The van der Waals surface area contributed by atoms with Crippen molar-refractivity contribution >= 4 is 33.0 Å². The largest absolute Gasteiger partial charge is 0.481 e. The molecule has 1 amide bonds. The normalized spacial score (nSPS) is 11.6. The number of carbonyl (C=O) groups excluding carboxylic acids is 1. The number of nitrogens with zero attached hydrogens (tertiary/aromatic N) is 1. The van der Waals surface area contributed by atoms with Crippen LogP contribution in [-0.4, -0.2) is 27.3 Å². The first-order valence-electron chi connectivity index (χ1n) is 10.5. The highest BCUT2D eigenvalue weighted by Gasteiger charge is 2.19. The minimum Gasteiger partial charge on any atom is -0.481 e. The minimum absolute atomic E-state index is 0.0644. The topological polar surface area (TPSA) is 84.8 Å². The Morgan fingerprint density at radius 3 is 1.97 bits per heavy atom. The number of methoxy groups -OCH3 is 1. The van der Waals surface area contributed by atoms with E-state index < -0.39 is 9.84 Å². The summed E-state index contributed by atoms with van der Waals surface area (Å²) in [5.74, 6) is 0.0558. The Kier molecular flexibility index (Phi) is 6.85. The van der Waals surface area contributed by atoms with Gasteiger partial charge in [-0.3, -0.25) is 4.79 Å². The van der Waals surface area contributed by atoms with Crippen LogP contribution in [0.5, 0.6) is 0 Å². The number of amides is 1. The van der Waals surface area contributed by atoms with Gasteiger partial charge in [0.25, 0.3) is 5.91 Å². The lowest BCUT2D eigenvalue weighted by Crippen LogP contribution is -2.12. The first-order valence-corrected chi connectivity index (χ1v) is 12.0. The van der Waals surface area contributed by atoms with Crippen molar-refractivity contribution in [3.63, 3.8) is 0 Å². The summed E-state index contributed by atoms with van der Waals surface area (Å²) in [6, 6.07) is 30.6. The maximum atomic E-state index is 13.3. The van der Waals surface area contributed by atoms with Gasteiger partial charge < -0.3 is 10.1 Å². The van der Waals surface area contributed by atoms with Crippen LogP contribution in [-0.2, 0) is 14.6 Å². The number of carbonyl (C=O) groups is 1. The molecule has 0 fully saturated rings. The molecule has 0 aromatic heterocycles. The molecule has 0 aliphatic carbocycles. The summed E-state index contributed by atoms with van der Waals surface area (Å²) in [7, 11) is -2.34. The third kappa shape index (κ3) is 5.22. The molecule has 0 saturated carbocycles. The molecule has 0 aliphatic rings. The van der Waals surface area contributed by atoms with E-state index in [-0.39, 0.29) is 15.7 Å². The van der Waals surface area contributed by atoms with E-state index in [1.54, 1.807) is 48.5 Å². The molecular weight excluding hydrogens is 448 g/mol. The van der Waals surface area contributed by atoms with Crippen LogP contribution in [0, 0.1) is 0 Å². The van der Waals surface area contributed by atoms with Gasteiger partial charge in [-0.05, 0) is 60.7 Å². The molecule has 0 bridgehead atoms. The third-order valence-electron chi connectivity index (χ3n) is 5.01. The Morgan fingerprint density at radius 1 is 0.735 bits per heavy atom. The molecule has 170 valence electrons. The molecular formula is C27H22N2O4S. The molecule has 0 saturated heterocycles. The summed E-state index contributed by atoms with van der Waals surface area (Å²) in [5, 5.41) is 2.74. The number of sulfone groups is 1. The summed E-state index contributed by atoms with van der Waals surface area (Å²) in [4.78, 5) is 17.1. The van der Waals surface area contributed by atoms with E-state index in [0.29, 0.717) is 22.8 Å². The molecule has 0 radical (unpaired) electrons. The molecule has 4 aromatic carbocycles.